The van der Waals surface area contributed by atoms with Crippen molar-refractivity contribution >= 4 is 5.91 Å². The van der Waals surface area contributed by atoms with Gasteiger partial charge in [-0.3, -0.25) is 9.48 Å². The number of nitrogens with one attached hydrogen (secondary N) is 1. The second kappa shape index (κ2) is 6.61. The molecule has 0 aliphatic carbocycles. The first-order chi connectivity index (χ1) is 10.6. The highest BCUT2D eigenvalue weighted by atomic mass is 16.3. The first-order valence-electron chi connectivity index (χ1n) is 8.32. The number of nitrogens with zero attached hydrogens (tertiary/aromatic N) is 3. The fourth-order valence-electron chi connectivity index (χ4n) is 3.07. The van der Waals surface area contributed by atoms with Gasteiger partial charge in [0.15, 0.2) is 5.60 Å². The summed E-state index contributed by atoms with van der Waals surface area (Å²) in [6, 6.07) is 0. The molecule has 1 amide bonds. The molecular weight excluding hydrogens is 292 g/mol. The quantitative estimate of drug-likeness (QED) is 0.855. The minimum absolute atomic E-state index is 0.0359. The first kappa shape index (κ1) is 17.9. The van der Waals surface area contributed by atoms with Crippen LogP contribution in [0.2, 0.25) is 0 Å². The number of carbonyl (C=O) groups is 1. The fourth-order valence-corrected chi connectivity index (χ4v) is 3.07. The predicted octanol–water partition coefficient (Wildman–Crippen LogP) is 1.22. The Balaban J connectivity index is 1.94. The van der Waals surface area contributed by atoms with Crippen LogP contribution in [0.1, 0.15) is 44.9 Å². The summed E-state index contributed by atoms with van der Waals surface area (Å²) in [7, 11) is 1.90. The van der Waals surface area contributed by atoms with E-state index >= 15 is 0 Å². The molecule has 1 unspecified atom stereocenters. The SMILES string of the molecule is Cc1c(CNCC2(O)CCCN(CC(C)(C)C)C2=O)cnn1C. The topological polar surface area (TPSA) is 70.4 Å². The van der Waals surface area contributed by atoms with Crippen LogP contribution in [-0.4, -0.2) is 50.9 Å². The third-order valence-corrected chi connectivity index (χ3v) is 4.44. The van der Waals surface area contributed by atoms with Crippen LogP contribution >= 0.6 is 0 Å². The Morgan fingerprint density at radius 1 is 1.43 bits per heavy atom. The second-order valence-electron chi connectivity index (χ2n) is 7.90. The molecule has 0 radical (unpaired) electrons. The van der Waals surface area contributed by atoms with Gasteiger partial charge < -0.3 is 15.3 Å². The summed E-state index contributed by atoms with van der Waals surface area (Å²) in [4.78, 5) is 14.5. The molecule has 1 aliphatic heterocycles. The molecule has 2 N–H and O–H groups in total. The number of rotatable bonds is 5. The lowest BCUT2D eigenvalue weighted by molar-refractivity contribution is -0.158. The number of amides is 1. The van der Waals surface area contributed by atoms with Crippen LogP contribution in [0.3, 0.4) is 0 Å². The second-order valence-corrected chi connectivity index (χ2v) is 7.90. The van der Waals surface area contributed by atoms with Crippen LogP contribution in [0.15, 0.2) is 6.20 Å². The summed E-state index contributed by atoms with van der Waals surface area (Å²) in [5.74, 6) is -0.144. The van der Waals surface area contributed by atoms with E-state index in [0.717, 1.165) is 24.2 Å². The van der Waals surface area contributed by atoms with Crippen molar-refractivity contribution in [2.45, 2.75) is 52.7 Å². The third-order valence-electron chi connectivity index (χ3n) is 4.44. The average molecular weight is 322 g/mol. The summed E-state index contributed by atoms with van der Waals surface area (Å²) < 4.78 is 1.82. The van der Waals surface area contributed by atoms with E-state index in [4.69, 9.17) is 0 Å². The monoisotopic (exact) mass is 322 g/mol. The highest BCUT2D eigenvalue weighted by molar-refractivity contribution is 5.86. The molecule has 2 rings (SSSR count). The minimum Gasteiger partial charge on any atom is -0.379 e. The molecular formula is C17H30N4O2. The van der Waals surface area contributed by atoms with Crippen molar-refractivity contribution in [3.8, 4) is 0 Å². The maximum atomic E-state index is 12.7. The molecule has 0 spiro atoms. The largest absolute Gasteiger partial charge is 0.379 e. The maximum Gasteiger partial charge on any atom is 0.255 e. The number of aliphatic hydroxyl groups is 1. The Hall–Kier alpha value is -1.40. The molecule has 0 aromatic carbocycles. The van der Waals surface area contributed by atoms with Gasteiger partial charge in [0.25, 0.3) is 5.91 Å². The van der Waals surface area contributed by atoms with Crippen molar-refractivity contribution in [1.82, 2.24) is 20.0 Å². The van der Waals surface area contributed by atoms with E-state index in [9.17, 15) is 9.90 Å². The third kappa shape index (κ3) is 4.32. The molecule has 1 aliphatic rings. The fraction of sp³-hybridized carbons (Fsp3) is 0.765. The summed E-state index contributed by atoms with van der Waals surface area (Å²) in [5.41, 5.74) is 0.924. The van der Waals surface area contributed by atoms with Crippen LogP contribution in [0.5, 0.6) is 0 Å². The van der Waals surface area contributed by atoms with Gasteiger partial charge in [0.1, 0.15) is 0 Å². The zero-order valence-electron chi connectivity index (χ0n) is 15.0. The number of aryl methyl sites for hydroxylation is 1. The summed E-state index contributed by atoms with van der Waals surface area (Å²) in [5, 5.41) is 18.2. The van der Waals surface area contributed by atoms with Gasteiger partial charge in [0.2, 0.25) is 0 Å². The lowest BCUT2D eigenvalue weighted by Crippen LogP contribution is -2.59. The summed E-state index contributed by atoms with van der Waals surface area (Å²) >= 11 is 0. The number of piperidine rings is 1. The molecule has 6 nitrogen and oxygen atoms in total. The van der Waals surface area contributed by atoms with Crippen molar-refractivity contribution in [2.75, 3.05) is 19.6 Å². The van der Waals surface area contributed by atoms with Crippen molar-refractivity contribution in [1.29, 1.82) is 0 Å². The van der Waals surface area contributed by atoms with E-state index in [2.05, 4.69) is 31.2 Å². The van der Waals surface area contributed by atoms with Crippen LogP contribution in [0.25, 0.3) is 0 Å². The number of likely N-dealkylation sites (tertiary alicyclic amines) is 1. The molecule has 0 bridgehead atoms. The van der Waals surface area contributed by atoms with Crippen molar-refractivity contribution < 1.29 is 9.90 Å². The lowest BCUT2D eigenvalue weighted by Gasteiger charge is -2.41. The Labute approximate surface area is 138 Å². The van der Waals surface area contributed by atoms with Crippen LogP contribution in [-0.2, 0) is 18.4 Å². The zero-order chi connectivity index (χ0) is 17.3. The number of hydrogen-bond acceptors (Lipinski definition) is 4. The van der Waals surface area contributed by atoms with Crippen LogP contribution in [0.4, 0.5) is 0 Å². The van der Waals surface area contributed by atoms with E-state index in [-0.39, 0.29) is 17.9 Å². The first-order valence-corrected chi connectivity index (χ1v) is 8.32. The zero-order valence-corrected chi connectivity index (χ0v) is 15.0. The maximum absolute atomic E-state index is 12.7. The molecule has 6 heteroatoms. The lowest BCUT2D eigenvalue weighted by atomic mass is 9.88. The molecule has 1 fully saturated rings. The smallest absolute Gasteiger partial charge is 0.255 e. The van der Waals surface area contributed by atoms with E-state index in [1.165, 1.54) is 0 Å². The summed E-state index contributed by atoms with van der Waals surface area (Å²) in [6.45, 7) is 10.6. The number of aromatic nitrogens is 2. The van der Waals surface area contributed by atoms with Gasteiger partial charge in [-0.2, -0.15) is 5.10 Å². The van der Waals surface area contributed by atoms with Crippen LogP contribution < -0.4 is 5.32 Å². The van der Waals surface area contributed by atoms with E-state index in [0.29, 0.717) is 19.5 Å². The van der Waals surface area contributed by atoms with Crippen molar-refractivity contribution in [3.63, 3.8) is 0 Å². The molecule has 23 heavy (non-hydrogen) atoms. The van der Waals surface area contributed by atoms with E-state index < -0.39 is 5.60 Å². The molecule has 0 saturated carbocycles. The normalized spacial score (nSPS) is 22.7. The van der Waals surface area contributed by atoms with Gasteiger partial charge in [-0.25, -0.2) is 0 Å². The van der Waals surface area contributed by atoms with E-state index in [1.54, 1.807) is 4.90 Å². The molecule has 1 atom stereocenters. The highest BCUT2D eigenvalue weighted by Gasteiger charge is 2.42. The average Bonchev–Trinajstić information content (AvgIpc) is 2.75. The Bertz CT molecular complexity index is 561. The standard InChI is InChI=1S/C17H30N4O2/c1-13-14(10-19-20(13)5)9-18-11-17(23)7-6-8-21(15(17)22)12-16(2,3)4/h10,18,23H,6-9,11-12H2,1-5H3. The van der Waals surface area contributed by atoms with E-state index in [1.807, 2.05) is 24.9 Å². The number of hydrogen-bond donors (Lipinski definition) is 2. The Morgan fingerprint density at radius 3 is 2.70 bits per heavy atom. The van der Waals surface area contributed by atoms with Gasteiger partial charge in [0, 0.05) is 44.5 Å². The van der Waals surface area contributed by atoms with Gasteiger partial charge in [0.05, 0.1) is 6.20 Å². The van der Waals surface area contributed by atoms with Crippen molar-refractivity contribution in [2.24, 2.45) is 12.5 Å². The van der Waals surface area contributed by atoms with Gasteiger partial charge >= 0.3 is 0 Å². The predicted molar refractivity (Wildman–Crippen MR) is 89.9 cm³/mol. The molecule has 1 aromatic heterocycles. The van der Waals surface area contributed by atoms with Crippen molar-refractivity contribution in [3.05, 3.63) is 17.5 Å². The molecule has 2 heterocycles. The Morgan fingerprint density at radius 2 is 2.13 bits per heavy atom. The van der Waals surface area contributed by atoms with Gasteiger partial charge in [-0.1, -0.05) is 20.8 Å². The molecule has 130 valence electrons. The van der Waals surface area contributed by atoms with Crippen LogP contribution in [0, 0.1) is 12.3 Å². The highest BCUT2D eigenvalue weighted by Crippen LogP contribution is 2.26. The summed E-state index contributed by atoms with van der Waals surface area (Å²) in [6.07, 6.45) is 3.18. The van der Waals surface area contributed by atoms with Gasteiger partial charge in [-0.05, 0) is 25.2 Å². The minimum atomic E-state index is -1.29. The molecule has 1 aromatic rings. The Kier molecular flexibility index (Phi) is 5.16. The number of carbonyl (C=O) groups excluding carboxylic acids is 1. The molecule has 1 saturated heterocycles. The van der Waals surface area contributed by atoms with Gasteiger partial charge in [-0.15, -0.1) is 0 Å².